The first-order valence-electron chi connectivity index (χ1n) is 8.12. The molecule has 1 heterocycles. The predicted octanol–water partition coefficient (Wildman–Crippen LogP) is 3.31. The van der Waals surface area contributed by atoms with E-state index >= 15 is 0 Å². The Morgan fingerprint density at radius 3 is 2.59 bits per heavy atom. The van der Waals surface area contributed by atoms with Crippen molar-refractivity contribution < 1.29 is 14.3 Å². The van der Waals surface area contributed by atoms with E-state index in [2.05, 4.69) is 21.2 Å². The lowest BCUT2D eigenvalue weighted by Crippen LogP contribution is -2.33. The number of alkyl carbamates (subject to hydrolysis) is 1. The number of carbonyl (C=O) groups is 2. The number of hydrogen-bond donors (Lipinski definition) is 1. The third kappa shape index (κ3) is 8.01. The Morgan fingerprint density at radius 2 is 2.00 bits per heavy atom. The summed E-state index contributed by atoms with van der Waals surface area (Å²) >= 11 is 3.45. The van der Waals surface area contributed by atoms with Crippen LogP contribution in [-0.4, -0.2) is 47.5 Å². The highest BCUT2D eigenvalue weighted by atomic mass is 79.9. The van der Waals surface area contributed by atoms with Gasteiger partial charge < -0.3 is 15.0 Å². The van der Waals surface area contributed by atoms with Crippen molar-refractivity contribution in [3.8, 4) is 0 Å². The molecule has 1 aliphatic heterocycles. The van der Waals surface area contributed by atoms with Crippen LogP contribution in [0.25, 0.3) is 0 Å². The van der Waals surface area contributed by atoms with Gasteiger partial charge in [0.1, 0.15) is 5.60 Å². The molecular formula is C16H29BrN2O3. The van der Waals surface area contributed by atoms with E-state index in [0.29, 0.717) is 18.9 Å². The van der Waals surface area contributed by atoms with Gasteiger partial charge in [0.25, 0.3) is 0 Å². The Balaban J connectivity index is 1.98. The average molecular weight is 377 g/mol. The van der Waals surface area contributed by atoms with E-state index in [1.165, 1.54) is 0 Å². The Kier molecular flexibility index (Phi) is 8.21. The molecule has 1 saturated heterocycles. The molecule has 2 amide bonds. The van der Waals surface area contributed by atoms with Crippen LogP contribution in [0.3, 0.4) is 0 Å². The summed E-state index contributed by atoms with van der Waals surface area (Å²) < 4.78 is 5.17. The van der Waals surface area contributed by atoms with Gasteiger partial charge in [-0.25, -0.2) is 4.79 Å². The van der Waals surface area contributed by atoms with Crippen molar-refractivity contribution in [2.24, 2.45) is 5.92 Å². The van der Waals surface area contributed by atoms with Gasteiger partial charge in [0.15, 0.2) is 0 Å². The summed E-state index contributed by atoms with van der Waals surface area (Å²) in [4.78, 5) is 25.2. The van der Waals surface area contributed by atoms with Crippen molar-refractivity contribution in [1.82, 2.24) is 10.2 Å². The lowest BCUT2D eigenvalue weighted by Gasteiger charge is -2.19. The van der Waals surface area contributed by atoms with Crippen LogP contribution in [0.4, 0.5) is 4.79 Å². The Labute approximate surface area is 142 Å². The minimum absolute atomic E-state index is 0.288. The number of halogens is 1. The van der Waals surface area contributed by atoms with Gasteiger partial charge in [-0.2, -0.15) is 0 Å². The lowest BCUT2D eigenvalue weighted by molar-refractivity contribution is -0.127. The van der Waals surface area contributed by atoms with Crippen LogP contribution in [0.2, 0.25) is 0 Å². The van der Waals surface area contributed by atoms with Gasteiger partial charge in [0.05, 0.1) is 0 Å². The van der Waals surface area contributed by atoms with Crippen LogP contribution in [0.1, 0.15) is 52.9 Å². The van der Waals surface area contributed by atoms with Crippen molar-refractivity contribution in [2.75, 3.05) is 25.0 Å². The molecule has 0 saturated carbocycles. The smallest absolute Gasteiger partial charge is 0.407 e. The van der Waals surface area contributed by atoms with E-state index in [9.17, 15) is 9.59 Å². The molecular weight excluding hydrogens is 348 g/mol. The summed E-state index contributed by atoms with van der Waals surface area (Å²) in [5.41, 5.74) is -0.445. The highest BCUT2D eigenvalue weighted by Crippen LogP contribution is 2.20. The lowest BCUT2D eigenvalue weighted by atomic mass is 10.1. The molecule has 5 nitrogen and oxygen atoms in total. The number of hydrogen-bond acceptors (Lipinski definition) is 3. The normalized spacial score (nSPS) is 18.6. The zero-order valence-electron chi connectivity index (χ0n) is 14.0. The van der Waals surface area contributed by atoms with Crippen LogP contribution in [-0.2, 0) is 9.53 Å². The number of nitrogens with one attached hydrogen (secondary N) is 1. The molecule has 0 spiro atoms. The first-order chi connectivity index (χ1) is 10.3. The maximum atomic E-state index is 11.7. The third-order valence-electron chi connectivity index (χ3n) is 3.54. The number of amides is 2. The first-order valence-corrected chi connectivity index (χ1v) is 9.24. The largest absolute Gasteiger partial charge is 0.444 e. The summed E-state index contributed by atoms with van der Waals surface area (Å²) in [5.74, 6) is 0.765. The number of nitrogens with zero attached hydrogens (tertiary/aromatic N) is 1. The summed E-state index contributed by atoms with van der Waals surface area (Å²) in [6.45, 7) is 7.96. The molecule has 0 radical (unpaired) electrons. The first kappa shape index (κ1) is 19.3. The van der Waals surface area contributed by atoms with E-state index < -0.39 is 5.60 Å². The molecule has 1 aliphatic rings. The Morgan fingerprint density at radius 1 is 1.32 bits per heavy atom. The topological polar surface area (TPSA) is 58.6 Å². The van der Waals surface area contributed by atoms with Gasteiger partial charge in [-0.05, 0) is 39.5 Å². The van der Waals surface area contributed by atoms with Gasteiger partial charge in [-0.3, -0.25) is 4.79 Å². The maximum Gasteiger partial charge on any atom is 0.407 e. The van der Waals surface area contributed by atoms with Crippen LogP contribution < -0.4 is 5.32 Å². The van der Waals surface area contributed by atoms with Crippen LogP contribution in [0.5, 0.6) is 0 Å². The molecule has 1 unspecified atom stereocenters. The maximum absolute atomic E-state index is 11.7. The molecule has 0 aromatic heterocycles. The second-order valence-corrected chi connectivity index (χ2v) is 7.55. The summed E-state index contributed by atoms with van der Waals surface area (Å²) in [6.07, 6.45) is 4.45. The zero-order valence-corrected chi connectivity index (χ0v) is 15.6. The monoisotopic (exact) mass is 376 g/mol. The van der Waals surface area contributed by atoms with Gasteiger partial charge in [-0.1, -0.05) is 28.8 Å². The Bertz CT molecular complexity index is 369. The fraction of sp³-hybridized carbons (Fsp3) is 0.875. The average Bonchev–Trinajstić information content (AvgIpc) is 2.76. The van der Waals surface area contributed by atoms with E-state index in [1.807, 2.05) is 25.7 Å². The highest BCUT2D eigenvalue weighted by Gasteiger charge is 2.27. The fourth-order valence-corrected chi connectivity index (χ4v) is 2.89. The summed E-state index contributed by atoms with van der Waals surface area (Å²) in [5, 5.41) is 3.67. The third-order valence-corrected chi connectivity index (χ3v) is 4.45. The summed E-state index contributed by atoms with van der Waals surface area (Å²) in [7, 11) is 0. The van der Waals surface area contributed by atoms with Crippen molar-refractivity contribution in [2.45, 2.75) is 58.5 Å². The molecule has 0 bridgehead atoms. The fourth-order valence-electron chi connectivity index (χ4n) is 2.46. The molecule has 128 valence electrons. The standard InChI is InChI=1S/C16H29BrN2O3/c1-16(2,3)22-15(21)18-8-6-4-5-7-9-19-12-13(11-17)10-14(19)20/h13H,4-12H2,1-3H3,(H,18,21). The van der Waals surface area contributed by atoms with E-state index in [-0.39, 0.29) is 12.0 Å². The van der Waals surface area contributed by atoms with Gasteiger partial charge in [0, 0.05) is 31.4 Å². The number of carbonyl (C=O) groups excluding carboxylic acids is 2. The van der Waals surface area contributed by atoms with Crippen molar-refractivity contribution in [1.29, 1.82) is 0 Å². The van der Waals surface area contributed by atoms with Crippen LogP contribution in [0, 0.1) is 5.92 Å². The van der Waals surface area contributed by atoms with Gasteiger partial charge in [-0.15, -0.1) is 0 Å². The molecule has 1 N–H and O–H groups in total. The summed E-state index contributed by atoms with van der Waals surface area (Å²) in [6, 6.07) is 0. The van der Waals surface area contributed by atoms with Crippen molar-refractivity contribution >= 4 is 27.9 Å². The number of likely N-dealkylation sites (tertiary alicyclic amines) is 1. The van der Waals surface area contributed by atoms with E-state index in [0.717, 1.165) is 44.1 Å². The van der Waals surface area contributed by atoms with Crippen molar-refractivity contribution in [3.05, 3.63) is 0 Å². The van der Waals surface area contributed by atoms with Crippen LogP contribution in [0.15, 0.2) is 0 Å². The van der Waals surface area contributed by atoms with Crippen LogP contribution >= 0.6 is 15.9 Å². The number of ether oxygens (including phenoxy) is 1. The predicted molar refractivity (Wildman–Crippen MR) is 91.2 cm³/mol. The number of rotatable bonds is 8. The number of unbranched alkanes of at least 4 members (excludes halogenated alkanes) is 3. The molecule has 1 fully saturated rings. The highest BCUT2D eigenvalue weighted by molar-refractivity contribution is 9.09. The second-order valence-electron chi connectivity index (χ2n) is 6.91. The SMILES string of the molecule is CC(C)(C)OC(=O)NCCCCCCN1CC(CBr)CC1=O. The quantitative estimate of drug-likeness (QED) is 0.522. The molecule has 0 aromatic carbocycles. The Hall–Kier alpha value is -0.780. The number of alkyl halides is 1. The molecule has 0 aromatic rings. The molecule has 1 rings (SSSR count). The molecule has 6 heteroatoms. The van der Waals surface area contributed by atoms with E-state index in [1.54, 1.807) is 0 Å². The molecule has 0 aliphatic carbocycles. The zero-order chi connectivity index (χ0) is 16.6. The minimum atomic E-state index is -0.445. The van der Waals surface area contributed by atoms with Crippen molar-refractivity contribution in [3.63, 3.8) is 0 Å². The molecule has 22 heavy (non-hydrogen) atoms. The van der Waals surface area contributed by atoms with Gasteiger partial charge in [0.2, 0.25) is 5.91 Å². The van der Waals surface area contributed by atoms with E-state index in [4.69, 9.17) is 4.74 Å². The minimum Gasteiger partial charge on any atom is -0.444 e. The molecule has 1 atom stereocenters. The van der Waals surface area contributed by atoms with Gasteiger partial charge >= 0.3 is 6.09 Å². The second kappa shape index (κ2) is 9.38.